The van der Waals surface area contributed by atoms with Gasteiger partial charge in [-0.15, -0.1) is 0 Å². The maximum Gasteiger partial charge on any atom is 0.203 e. The summed E-state index contributed by atoms with van der Waals surface area (Å²) >= 11 is 0. The molecule has 0 amide bonds. The molecule has 1 aromatic carbocycles. The zero-order valence-corrected chi connectivity index (χ0v) is 9.64. The van der Waals surface area contributed by atoms with Crippen molar-refractivity contribution < 1.29 is 12.8 Å². The third-order valence-corrected chi connectivity index (χ3v) is 4.51. The van der Waals surface area contributed by atoms with E-state index in [1.54, 1.807) is 13.1 Å². The van der Waals surface area contributed by atoms with Gasteiger partial charge in [0.15, 0.2) is 0 Å². The molecule has 1 aliphatic heterocycles. The fourth-order valence-electron chi connectivity index (χ4n) is 1.72. The van der Waals surface area contributed by atoms with E-state index in [9.17, 15) is 12.8 Å². The van der Waals surface area contributed by atoms with Gasteiger partial charge in [-0.3, -0.25) is 0 Å². The highest BCUT2D eigenvalue weighted by molar-refractivity contribution is 7.95. The topological polar surface area (TPSA) is 46.2 Å². The number of benzene rings is 1. The molecule has 0 radical (unpaired) electrons. The molecule has 3 nitrogen and oxygen atoms in total. The second-order valence-electron chi connectivity index (χ2n) is 3.65. The zero-order valence-electron chi connectivity index (χ0n) is 8.83. The first-order valence-electron chi connectivity index (χ1n) is 4.95. The molecule has 0 unspecified atom stereocenters. The van der Waals surface area contributed by atoms with Crippen molar-refractivity contribution in [3.8, 4) is 0 Å². The average Bonchev–Trinajstić information content (AvgIpc) is 2.47. The fourth-order valence-corrected chi connectivity index (χ4v) is 3.33. The fraction of sp³-hybridized carbons (Fsp3) is 0.273. The van der Waals surface area contributed by atoms with E-state index in [0.29, 0.717) is 23.4 Å². The first kappa shape index (κ1) is 11.3. The van der Waals surface area contributed by atoms with Crippen molar-refractivity contribution in [2.75, 3.05) is 13.6 Å². The smallest absolute Gasteiger partial charge is 0.203 e. The highest BCUT2D eigenvalue weighted by atomic mass is 32.2. The minimum Gasteiger partial charge on any atom is -0.319 e. The number of hydrogen-bond acceptors (Lipinski definition) is 3. The molecule has 2 rings (SSSR count). The Kier molecular flexibility index (Phi) is 2.82. The van der Waals surface area contributed by atoms with Crippen molar-refractivity contribution in [3.05, 3.63) is 34.5 Å². The summed E-state index contributed by atoms with van der Waals surface area (Å²) in [5, 5.41) is 2.89. The van der Waals surface area contributed by atoms with E-state index in [2.05, 4.69) is 5.32 Å². The van der Waals surface area contributed by atoms with Gasteiger partial charge in [-0.25, -0.2) is 12.8 Å². The lowest BCUT2D eigenvalue weighted by atomic mass is 10.2. The molecule has 0 aromatic heterocycles. The van der Waals surface area contributed by atoms with Crippen LogP contribution in [0.3, 0.4) is 0 Å². The summed E-state index contributed by atoms with van der Waals surface area (Å²) in [4.78, 5) is 0.558. The lowest BCUT2D eigenvalue weighted by Crippen LogP contribution is -2.11. The number of halogens is 1. The highest BCUT2D eigenvalue weighted by Gasteiger charge is 2.28. The molecular weight excluding hydrogens is 229 g/mol. The highest BCUT2D eigenvalue weighted by Crippen LogP contribution is 2.34. The van der Waals surface area contributed by atoms with E-state index >= 15 is 0 Å². The molecule has 16 heavy (non-hydrogen) atoms. The van der Waals surface area contributed by atoms with Crippen LogP contribution in [0.4, 0.5) is 4.39 Å². The van der Waals surface area contributed by atoms with Gasteiger partial charge in [0.05, 0.1) is 9.80 Å². The Balaban J connectivity index is 2.44. The van der Waals surface area contributed by atoms with E-state index in [0.717, 1.165) is 0 Å². The van der Waals surface area contributed by atoms with Gasteiger partial charge in [0.1, 0.15) is 5.82 Å². The first-order valence-corrected chi connectivity index (χ1v) is 6.44. The average molecular weight is 241 g/mol. The van der Waals surface area contributed by atoms with Crippen molar-refractivity contribution in [3.63, 3.8) is 0 Å². The van der Waals surface area contributed by atoms with Crippen LogP contribution in [0.15, 0.2) is 28.0 Å². The predicted molar refractivity (Wildman–Crippen MR) is 60.1 cm³/mol. The van der Waals surface area contributed by atoms with Gasteiger partial charge >= 0.3 is 0 Å². The summed E-state index contributed by atoms with van der Waals surface area (Å²) in [7, 11) is -1.62. The maximum absolute atomic E-state index is 13.0. The van der Waals surface area contributed by atoms with Crippen LogP contribution in [0, 0.1) is 5.82 Å². The maximum atomic E-state index is 13.0. The van der Waals surface area contributed by atoms with Gasteiger partial charge in [-0.1, -0.05) is 0 Å². The second-order valence-corrected chi connectivity index (χ2v) is 5.62. The summed E-state index contributed by atoms with van der Waals surface area (Å²) in [5.74, 6) is -0.417. The molecule has 1 N–H and O–H groups in total. The minimum absolute atomic E-state index is 0.208. The number of fused-ring (bicyclic) bond motifs is 1. The second kappa shape index (κ2) is 3.99. The van der Waals surface area contributed by atoms with Crippen LogP contribution in [0.25, 0.3) is 6.08 Å². The van der Waals surface area contributed by atoms with Crippen LogP contribution in [0.1, 0.15) is 12.0 Å². The summed E-state index contributed by atoms with van der Waals surface area (Å²) in [6.45, 7) is 0.585. The summed E-state index contributed by atoms with van der Waals surface area (Å²) in [6.07, 6.45) is 1.97. The van der Waals surface area contributed by atoms with Crippen molar-refractivity contribution in [1.29, 1.82) is 0 Å². The van der Waals surface area contributed by atoms with Gasteiger partial charge < -0.3 is 5.32 Å². The summed E-state index contributed by atoms with van der Waals surface area (Å²) in [5.41, 5.74) is 0.450. The molecule has 0 fully saturated rings. The molecule has 1 aromatic rings. The molecule has 0 aliphatic carbocycles. The number of sulfone groups is 1. The monoisotopic (exact) mass is 241 g/mol. The van der Waals surface area contributed by atoms with Gasteiger partial charge in [-0.2, -0.15) is 0 Å². The standard InChI is InChI=1S/C11H12FNO2S/c1-13-5-4-10-7-8-6-9(12)2-3-11(8)16(10,14)15/h2-3,6-7,13H,4-5H2,1H3. The van der Waals surface area contributed by atoms with Crippen molar-refractivity contribution in [2.45, 2.75) is 11.3 Å². The quantitative estimate of drug-likeness (QED) is 0.817. The molecule has 0 saturated heterocycles. The van der Waals surface area contributed by atoms with Crippen LogP contribution >= 0.6 is 0 Å². The third kappa shape index (κ3) is 1.76. The van der Waals surface area contributed by atoms with E-state index in [1.807, 2.05) is 0 Å². The summed E-state index contributed by atoms with van der Waals surface area (Å²) in [6, 6.07) is 3.74. The molecule has 5 heteroatoms. The Labute approximate surface area is 93.9 Å². The Bertz CT molecular complexity index is 549. The van der Waals surface area contributed by atoms with Crippen LogP contribution in [-0.2, 0) is 9.84 Å². The Morgan fingerprint density at radius 1 is 1.38 bits per heavy atom. The van der Waals surface area contributed by atoms with E-state index in [4.69, 9.17) is 0 Å². The molecule has 0 atom stereocenters. The van der Waals surface area contributed by atoms with Crippen LogP contribution < -0.4 is 5.32 Å². The third-order valence-electron chi connectivity index (χ3n) is 2.54. The van der Waals surface area contributed by atoms with Gasteiger partial charge in [-0.05, 0) is 49.9 Å². The minimum atomic E-state index is -3.38. The number of nitrogens with one attached hydrogen (secondary N) is 1. The summed E-state index contributed by atoms with van der Waals surface area (Å²) < 4.78 is 36.9. The SMILES string of the molecule is CNCCC1=Cc2cc(F)ccc2S1(=O)=O. The molecule has 1 heterocycles. The van der Waals surface area contributed by atoms with Crippen molar-refractivity contribution >= 4 is 15.9 Å². The predicted octanol–water partition coefficient (Wildman–Crippen LogP) is 1.56. The molecule has 0 saturated carbocycles. The van der Waals surface area contributed by atoms with Gasteiger partial charge in [0.2, 0.25) is 9.84 Å². The van der Waals surface area contributed by atoms with E-state index in [1.165, 1.54) is 18.2 Å². The Hall–Kier alpha value is -1.20. The first-order chi connectivity index (χ1) is 7.55. The normalized spacial score (nSPS) is 17.0. The van der Waals surface area contributed by atoms with E-state index in [-0.39, 0.29) is 4.90 Å². The van der Waals surface area contributed by atoms with Crippen LogP contribution in [-0.4, -0.2) is 22.0 Å². The molecule has 0 bridgehead atoms. The zero-order chi connectivity index (χ0) is 11.8. The number of hydrogen-bond donors (Lipinski definition) is 1. The van der Waals surface area contributed by atoms with Crippen LogP contribution in [0.5, 0.6) is 0 Å². The molecule has 86 valence electrons. The Morgan fingerprint density at radius 3 is 2.81 bits per heavy atom. The number of rotatable bonds is 3. The lowest BCUT2D eigenvalue weighted by molar-refractivity contribution is 0.599. The van der Waals surface area contributed by atoms with Crippen molar-refractivity contribution in [1.82, 2.24) is 5.32 Å². The molecule has 1 aliphatic rings. The lowest BCUT2D eigenvalue weighted by Gasteiger charge is -2.02. The van der Waals surface area contributed by atoms with E-state index < -0.39 is 15.7 Å². The molecular formula is C11H12FNO2S. The molecule has 0 spiro atoms. The van der Waals surface area contributed by atoms with Gasteiger partial charge in [0, 0.05) is 0 Å². The largest absolute Gasteiger partial charge is 0.319 e. The van der Waals surface area contributed by atoms with Crippen molar-refractivity contribution in [2.24, 2.45) is 0 Å². The van der Waals surface area contributed by atoms with Crippen LogP contribution in [0.2, 0.25) is 0 Å². The van der Waals surface area contributed by atoms with Gasteiger partial charge in [0.25, 0.3) is 0 Å². The Morgan fingerprint density at radius 2 is 2.12 bits per heavy atom.